The largest absolute Gasteiger partial charge is 0.353 e. The van der Waals surface area contributed by atoms with Crippen LogP contribution in [0, 0.1) is 5.92 Å². The number of anilines is 1. The third-order valence-corrected chi connectivity index (χ3v) is 3.28. The number of aryl methyl sites for hydroxylation is 2. The summed E-state index contributed by atoms with van der Waals surface area (Å²) in [5, 5.41) is 11.6. The van der Waals surface area contributed by atoms with Crippen LogP contribution in [0.2, 0.25) is 0 Å². The topological polar surface area (TPSA) is 50.7 Å². The highest BCUT2D eigenvalue weighted by atomic mass is 15.2. The SMILES string of the molecule is CCc1nnc(NCCCC2CC2)nc1CC. The second kappa shape index (κ2) is 5.94. The lowest BCUT2D eigenvalue weighted by molar-refractivity contribution is 0.683. The highest BCUT2D eigenvalue weighted by molar-refractivity contribution is 5.25. The molecule has 0 aromatic carbocycles. The van der Waals surface area contributed by atoms with Gasteiger partial charge in [0.15, 0.2) is 0 Å². The van der Waals surface area contributed by atoms with Crippen LogP contribution >= 0.6 is 0 Å². The first kappa shape index (κ1) is 12.3. The molecule has 0 unspecified atom stereocenters. The van der Waals surface area contributed by atoms with E-state index in [0.29, 0.717) is 5.95 Å². The molecule has 1 aromatic rings. The number of hydrogen-bond donors (Lipinski definition) is 1. The van der Waals surface area contributed by atoms with Crippen molar-refractivity contribution in [1.82, 2.24) is 15.2 Å². The fourth-order valence-electron chi connectivity index (χ4n) is 2.01. The maximum atomic E-state index is 4.51. The minimum Gasteiger partial charge on any atom is -0.353 e. The van der Waals surface area contributed by atoms with Gasteiger partial charge in [0.05, 0.1) is 11.4 Å². The van der Waals surface area contributed by atoms with E-state index >= 15 is 0 Å². The maximum absolute atomic E-state index is 4.51. The van der Waals surface area contributed by atoms with Gasteiger partial charge >= 0.3 is 0 Å². The summed E-state index contributed by atoms with van der Waals surface area (Å²) in [5.74, 6) is 1.69. The second-order valence-corrected chi connectivity index (χ2v) is 4.75. The van der Waals surface area contributed by atoms with Gasteiger partial charge in [0.25, 0.3) is 0 Å². The maximum Gasteiger partial charge on any atom is 0.242 e. The molecule has 0 atom stereocenters. The van der Waals surface area contributed by atoms with Crippen molar-refractivity contribution in [3.63, 3.8) is 0 Å². The predicted molar refractivity (Wildman–Crippen MR) is 69.0 cm³/mol. The lowest BCUT2D eigenvalue weighted by Gasteiger charge is -2.07. The van der Waals surface area contributed by atoms with E-state index in [9.17, 15) is 0 Å². The van der Waals surface area contributed by atoms with Gasteiger partial charge in [0.1, 0.15) is 0 Å². The molecule has 0 bridgehead atoms. The smallest absolute Gasteiger partial charge is 0.242 e. The van der Waals surface area contributed by atoms with Gasteiger partial charge in [-0.15, -0.1) is 5.10 Å². The Bertz CT molecular complexity index is 360. The summed E-state index contributed by atoms with van der Waals surface area (Å²) in [4.78, 5) is 4.51. The Morgan fingerprint density at radius 2 is 1.88 bits per heavy atom. The van der Waals surface area contributed by atoms with Gasteiger partial charge in [-0.05, 0) is 31.6 Å². The van der Waals surface area contributed by atoms with Gasteiger partial charge in [-0.25, -0.2) is 4.98 Å². The molecule has 0 radical (unpaired) electrons. The van der Waals surface area contributed by atoms with Crippen LogP contribution in [0.4, 0.5) is 5.95 Å². The molecular weight excluding hydrogens is 212 g/mol. The van der Waals surface area contributed by atoms with Crippen molar-refractivity contribution in [3.05, 3.63) is 11.4 Å². The average Bonchev–Trinajstić information content (AvgIpc) is 3.18. The van der Waals surface area contributed by atoms with E-state index in [0.717, 1.165) is 36.7 Å². The van der Waals surface area contributed by atoms with Crippen molar-refractivity contribution in [2.45, 2.75) is 52.4 Å². The first-order valence-electron chi connectivity index (χ1n) is 6.79. The Labute approximate surface area is 103 Å². The van der Waals surface area contributed by atoms with Crippen LogP contribution in [0.3, 0.4) is 0 Å². The highest BCUT2D eigenvalue weighted by Gasteiger charge is 2.19. The molecule has 0 spiro atoms. The Morgan fingerprint density at radius 1 is 1.12 bits per heavy atom. The van der Waals surface area contributed by atoms with E-state index in [1.165, 1.54) is 25.7 Å². The third kappa shape index (κ3) is 3.65. The number of nitrogens with zero attached hydrogens (tertiary/aromatic N) is 3. The molecule has 1 aliphatic carbocycles. The van der Waals surface area contributed by atoms with Crippen LogP contribution in [-0.4, -0.2) is 21.7 Å². The van der Waals surface area contributed by atoms with Crippen molar-refractivity contribution >= 4 is 5.95 Å². The van der Waals surface area contributed by atoms with Gasteiger partial charge < -0.3 is 5.32 Å². The first-order chi connectivity index (χ1) is 8.33. The predicted octanol–water partition coefficient (Wildman–Crippen LogP) is 2.60. The molecule has 0 aliphatic heterocycles. The molecule has 0 saturated heterocycles. The van der Waals surface area contributed by atoms with Crippen LogP contribution in [-0.2, 0) is 12.8 Å². The average molecular weight is 234 g/mol. The van der Waals surface area contributed by atoms with E-state index in [4.69, 9.17) is 0 Å². The molecule has 4 nitrogen and oxygen atoms in total. The van der Waals surface area contributed by atoms with Crippen LogP contribution in [0.25, 0.3) is 0 Å². The van der Waals surface area contributed by atoms with Crippen molar-refractivity contribution in [2.24, 2.45) is 5.92 Å². The normalized spacial score (nSPS) is 14.9. The molecule has 1 saturated carbocycles. The number of nitrogens with one attached hydrogen (secondary N) is 1. The Morgan fingerprint density at radius 3 is 2.53 bits per heavy atom. The van der Waals surface area contributed by atoms with E-state index in [2.05, 4.69) is 34.3 Å². The Kier molecular flexibility index (Phi) is 4.29. The minimum absolute atomic E-state index is 0.690. The van der Waals surface area contributed by atoms with Crippen LogP contribution in [0.5, 0.6) is 0 Å². The lowest BCUT2D eigenvalue weighted by atomic mass is 10.2. The Balaban J connectivity index is 1.82. The molecule has 0 amide bonds. The molecule has 4 heteroatoms. The molecular formula is C13H22N4. The van der Waals surface area contributed by atoms with Crippen molar-refractivity contribution in [3.8, 4) is 0 Å². The molecule has 1 aliphatic rings. The minimum atomic E-state index is 0.690. The van der Waals surface area contributed by atoms with Crippen LogP contribution in [0.15, 0.2) is 0 Å². The van der Waals surface area contributed by atoms with Crippen molar-refractivity contribution in [2.75, 3.05) is 11.9 Å². The third-order valence-electron chi connectivity index (χ3n) is 3.28. The van der Waals surface area contributed by atoms with Crippen molar-refractivity contribution < 1.29 is 0 Å². The summed E-state index contributed by atoms with van der Waals surface area (Å²) in [6, 6.07) is 0. The summed E-state index contributed by atoms with van der Waals surface area (Å²) in [5.41, 5.74) is 2.10. The molecule has 1 aromatic heterocycles. The number of aromatic nitrogens is 3. The van der Waals surface area contributed by atoms with Crippen molar-refractivity contribution in [1.29, 1.82) is 0 Å². The van der Waals surface area contributed by atoms with E-state index in [1.54, 1.807) is 0 Å². The molecule has 1 heterocycles. The van der Waals surface area contributed by atoms with E-state index < -0.39 is 0 Å². The zero-order valence-electron chi connectivity index (χ0n) is 10.9. The van der Waals surface area contributed by atoms with Gasteiger partial charge in [-0.2, -0.15) is 5.10 Å². The van der Waals surface area contributed by atoms with E-state index in [1.807, 2.05) is 0 Å². The fourth-order valence-corrected chi connectivity index (χ4v) is 2.01. The zero-order chi connectivity index (χ0) is 12.1. The summed E-state index contributed by atoms with van der Waals surface area (Å²) in [7, 11) is 0. The second-order valence-electron chi connectivity index (χ2n) is 4.75. The first-order valence-corrected chi connectivity index (χ1v) is 6.79. The van der Waals surface area contributed by atoms with Gasteiger partial charge in [0.2, 0.25) is 5.95 Å². The summed E-state index contributed by atoms with van der Waals surface area (Å²) >= 11 is 0. The summed E-state index contributed by atoms with van der Waals surface area (Å²) in [6.45, 7) is 5.17. The van der Waals surface area contributed by atoms with Crippen LogP contribution < -0.4 is 5.32 Å². The summed E-state index contributed by atoms with van der Waals surface area (Å²) < 4.78 is 0. The monoisotopic (exact) mass is 234 g/mol. The molecule has 2 rings (SSSR count). The Hall–Kier alpha value is -1.19. The summed E-state index contributed by atoms with van der Waals surface area (Å²) in [6.07, 6.45) is 7.26. The van der Waals surface area contributed by atoms with Crippen LogP contribution in [0.1, 0.15) is 50.9 Å². The highest BCUT2D eigenvalue weighted by Crippen LogP contribution is 2.33. The molecule has 1 N–H and O–H groups in total. The fraction of sp³-hybridized carbons (Fsp3) is 0.769. The van der Waals surface area contributed by atoms with Gasteiger partial charge in [-0.1, -0.05) is 26.7 Å². The van der Waals surface area contributed by atoms with E-state index in [-0.39, 0.29) is 0 Å². The zero-order valence-corrected chi connectivity index (χ0v) is 10.9. The van der Waals surface area contributed by atoms with Gasteiger partial charge in [-0.3, -0.25) is 0 Å². The quantitative estimate of drug-likeness (QED) is 0.737. The standard InChI is InChI=1S/C13H22N4/c1-3-11-12(4-2)16-17-13(15-11)14-9-5-6-10-7-8-10/h10H,3-9H2,1-2H3,(H,14,15,17). The molecule has 94 valence electrons. The number of hydrogen-bond acceptors (Lipinski definition) is 4. The number of rotatable bonds is 7. The lowest BCUT2D eigenvalue weighted by Crippen LogP contribution is -2.10. The molecule has 17 heavy (non-hydrogen) atoms. The molecule has 1 fully saturated rings. The van der Waals surface area contributed by atoms with Gasteiger partial charge in [0, 0.05) is 6.54 Å².